The summed E-state index contributed by atoms with van der Waals surface area (Å²) in [6, 6.07) is 10.7. The summed E-state index contributed by atoms with van der Waals surface area (Å²) >= 11 is 0. The molecule has 0 fully saturated rings. The summed E-state index contributed by atoms with van der Waals surface area (Å²) in [6.45, 7) is 1.74. The van der Waals surface area contributed by atoms with Gasteiger partial charge in [-0.25, -0.2) is 14.4 Å². The highest BCUT2D eigenvalue weighted by Crippen LogP contribution is 2.26. The van der Waals surface area contributed by atoms with Gasteiger partial charge in [0.1, 0.15) is 5.82 Å². The molecule has 1 aromatic carbocycles. The maximum atomic E-state index is 14.1. The number of benzene rings is 1. The molecule has 100 valence electrons. The van der Waals surface area contributed by atoms with E-state index in [1.807, 2.05) is 18.2 Å². The van der Waals surface area contributed by atoms with E-state index in [1.54, 1.807) is 31.3 Å². The molecule has 20 heavy (non-hydrogen) atoms. The molecular formula is C15H13FN4. The first-order valence-electron chi connectivity index (χ1n) is 6.18. The number of halogens is 1. The Bertz CT molecular complexity index is 764. The van der Waals surface area contributed by atoms with Crippen LogP contribution in [0.4, 0.5) is 10.3 Å². The van der Waals surface area contributed by atoms with Crippen LogP contribution in [0.15, 0.2) is 42.6 Å². The Kier molecular flexibility index (Phi) is 2.95. The smallest absolute Gasteiger partial charge is 0.220 e. The van der Waals surface area contributed by atoms with Gasteiger partial charge in [0.25, 0.3) is 0 Å². The molecule has 0 bridgehead atoms. The molecule has 0 amide bonds. The molecule has 3 N–H and O–H groups in total. The molecule has 4 nitrogen and oxygen atoms in total. The lowest BCUT2D eigenvalue weighted by Gasteiger charge is -2.03. The molecule has 2 heterocycles. The number of nitrogen functional groups attached to an aromatic ring is 1. The number of rotatable bonds is 2. The number of hydrogen-bond acceptors (Lipinski definition) is 3. The van der Waals surface area contributed by atoms with Crippen LogP contribution in [0, 0.1) is 12.7 Å². The van der Waals surface area contributed by atoms with E-state index >= 15 is 0 Å². The number of H-pyrrole nitrogens is 1. The molecule has 0 unspecified atom stereocenters. The molecular weight excluding hydrogens is 255 g/mol. The summed E-state index contributed by atoms with van der Waals surface area (Å²) in [5, 5.41) is 0. The van der Waals surface area contributed by atoms with E-state index in [9.17, 15) is 4.39 Å². The van der Waals surface area contributed by atoms with Crippen LogP contribution in [0.2, 0.25) is 0 Å². The van der Waals surface area contributed by atoms with Gasteiger partial charge in [-0.3, -0.25) is 0 Å². The Balaban J connectivity index is 2.04. The van der Waals surface area contributed by atoms with Crippen LogP contribution in [-0.4, -0.2) is 15.0 Å². The molecule has 0 aliphatic carbocycles. The van der Waals surface area contributed by atoms with Crippen molar-refractivity contribution in [2.75, 3.05) is 5.73 Å². The van der Waals surface area contributed by atoms with E-state index in [2.05, 4.69) is 15.0 Å². The van der Waals surface area contributed by atoms with Crippen LogP contribution in [-0.2, 0) is 0 Å². The highest BCUT2D eigenvalue weighted by atomic mass is 19.1. The van der Waals surface area contributed by atoms with Crippen LogP contribution in [0.1, 0.15) is 5.56 Å². The number of aromatic amines is 1. The molecule has 0 spiro atoms. The van der Waals surface area contributed by atoms with E-state index in [1.165, 1.54) is 0 Å². The number of nitrogens with zero attached hydrogens (tertiary/aromatic N) is 2. The minimum absolute atomic E-state index is 0.209. The fourth-order valence-electron chi connectivity index (χ4n) is 2.08. The topological polar surface area (TPSA) is 67.6 Å². The highest BCUT2D eigenvalue weighted by molar-refractivity contribution is 5.67. The molecule has 2 aromatic heterocycles. The van der Waals surface area contributed by atoms with Crippen molar-refractivity contribution in [2.45, 2.75) is 6.92 Å². The van der Waals surface area contributed by atoms with Crippen LogP contribution < -0.4 is 5.73 Å². The van der Waals surface area contributed by atoms with Gasteiger partial charge in [0.05, 0.1) is 11.4 Å². The molecule has 3 rings (SSSR count). The van der Waals surface area contributed by atoms with Crippen molar-refractivity contribution in [2.24, 2.45) is 0 Å². The summed E-state index contributed by atoms with van der Waals surface area (Å²) < 4.78 is 14.1. The van der Waals surface area contributed by atoms with Gasteiger partial charge in [0, 0.05) is 17.5 Å². The summed E-state index contributed by atoms with van der Waals surface area (Å²) in [4.78, 5) is 11.1. The zero-order valence-electron chi connectivity index (χ0n) is 10.9. The van der Waals surface area contributed by atoms with Gasteiger partial charge < -0.3 is 10.7 Å². The van der Waals surface area contributed by atoms with E-state index < -0.39 is 0 Å². The van der Waals surface area contributed by atoms with Crippen LogP contribution >= 0.6 is 0 Å². The summed E-state index contributed by atoms with van der Waals surface area (Å²) in [5.41, 5.74) is 8.88. The third-order valence-electron chi connectivity index (χ3n) is 3.12. The predicted octanol–water partition coefficient (Wildman–Crippen LogP) is 3.17. The van der Waals surface area contributed by atoms with Gasteiger partial charge >= 0.3 is 0 Å². The Labute approximate surface area is 115 Å². The monoisotopic (exact) mass is 268 g/mol. The van der Waals surface area contributed by atoms with Gasteiger partial charge in [-0.05, 0) is 36.8 Å². The highest BCUT2D eigenvalue weighted by Gasteiger charge is 2.10. The Hall–Kier alpha value is -2.69. The lowest BCUT2D eigenvalue weighted by molar-refractivity contribution is 0.621. The first kappa shape index (κ1) is 12.3. The molecule has 0 saturated carbocycles. The van der Waals surface area contributed by atoms with Gasteiger partial charge in [-0.2, -0.15) is 0 Å². The molecule has 0 saturated heterocycles. The zero-order valence-corrected chi connectivity index (χ0v) is 10.9. The average molecular weight is 268 g/mol. The van der Waals surface area contributed by atoms with Crippen LogP contribution in [0.3, 0.4) is 0 Å². The quantitative estimate of drug-likeness (QED) is 0.750. The van der Waals surface area contributed by atoms with E-state index in [-0.39, 0.29) is 11.8 Å². The van der Waals surface area contributed by atoms with Gasteiger partial charge in [-0.1, -0.05) is 12.1 Å². The fraction of sp³-hybridized carbons (Fsp3) is 0.0667. The predicted molar refractivity (Wildman–Crippen MR) is 76.4 cm³/mol. The summed E-state index contributed by atoms with van der Waals surface area (Å²) in [5.74, 6) is -0.0107. The summed E-state index contributed by atoms with van der Waals surface area (Å²) in [7, 11) is 0. The van der Waals surface area contributed by atoms with Crippen LogP contribution in [0.5, 0.6) is 0 Å². The second-order valence-electron chi connectivity index (χ2n) is 4.52. The number of aryl methyl sites for hydroxylation is 1. The first-order valence-corrected chi connectivity index (χ1v) is 6.18. The maximum absolute atomic E-state index is 14.1. The number of anilines is 1. The Morgan fingerprint density at radius 2 is 1.90 bits per heavy atom. The summed E-state index contributed by atoms with van der Waals surface area (Å²) in [6.07, 6.45) is 1.59. The normalized spacial score (nSPS) is 10.7. The van der Waals surface area contributed by atoms with Crippen molar-refractivity contribution in [3.63, 3.8) is 0 Å². The molecule has 0 radical (unpaired) electrons. The minimum atomic E-state index is -0.219. The van der Waals surface area contributed by atoms with E-state index in [4.69, 9.17) is 5.73 Å². The average Bonchev–Trinajstić information content (AvgIpc) is 2.91. The molecule has 0 atom stereocenters. The lowest BCUT2D eigenvalue weighted by Crippen LogP contribution is -1.95. The zero-order chi connectivity index (χ0) is 14.1. The SMILES string of the molecule is Cc1cccc(-c2ccc(-c3ccnc(N)n3)[nH]2)c1F. The van der Waals surface area contributed by atoms with Crippen LogP contribution in [0.25, 0.3) is 22.6 Å². The second kappa shape index (κ2) is 4.77. The van der Waals surface area contributed by atoms with Crippen molar-refractivity contribution >= 4 is 5.95 Å². The fourth-order valence-corrected chi connectivity index (χ4v) is 2.08. The first-order chi connectivity index (χ1) is 9.65. The Morgan fingerprint density at radius 3 is 2.70 bits per heavy atom. The number of nitrogens with two attached hydrogens (primary N) is 1. The van der Waals surface area contributed by atoms with Crippen molar-refractivity contribution in [1.29, 1.82) is 0 Å². The van der Waals surface area contributed by atoms with Crippen molar-refractivity contribution in [3.05, 3.63) is 54.0 Å². The molecule has 0 aliphatic rings. The van der Waals surface area contributed by atoms with E-state index in [0.29, 0.717) is 22.5 Å². The third-order valence-corrected chi connectivity index (χ3v) is 3.12. The molecule has 0 aliphatic heterocycles. The van der Waals surface area contributed by atoms with Gasteiger partial charge in [0.2, 0.25) is 5.95 Å². The number of nitrogens with one attached hydrogen (secondary N) is 1. The van der Waals surface area contributed by atoms with E-state index in [0.717, 1.165) is 5.69 Å². The van der Waals surface area contributed by atoms with Gasteiger partial charge in [0.15, 0.2) is 0 Å². The maximum Gasteiger partial charge on any atom is 0.220 e. The standard InChI is InChI=1S/C15H13FN4/c1-9-3-2-4-10(14(9)16)11-5-6-12(19-11)13-7-8-18-15(17)20-13/h2-8,19H,1H3,(H2,17,18,20). The minimum Gasteiger partial charge on any atom is -0.368 e. The van der Waals surface area contributed by atoms with Crippen molar-refractivity contribution < 1.29 is 4.39 Å². The lowest BCUT2D eigenvalue weighted by atomic mass is 10.1. The molecule has 5 heteroatoms. The Morgan fingerprint density at radius 1 is 1.10 bits per heavy atom. The molecule has 3 aromatic rings. The second-order valence-corrected chi connectivity index (χ2v) is 4.52. The third kappa shape index (κ3) is 2.14. The van der Waals surface area contributed by atoms with Crippen molar-refractivity contribution in [1.82, 2.24) is 15.0 Å². The van der Waals surface area contributed by atoms with Crippen molar-refractivity contribution in [3.8, 4) is 22.6 Å². The largest absolute Gasteiger partial charge is 0.368 e. The van der Waals surface area contributed by atoms with Gasteiger partial charge in [-0.15, -0.1) is 0 Å². The number of aromatic nitrogens is 3. The number of hydrogen-bond donors (Lipinski definition) is 2.